The number of benzene rings is 2. The van der Waals surface area contributed by atoms with Crippen molar-refractivity contribution in [3.05, 3.63) is 77.2 Å². The van der Waals surface area contributed by atoms with Gasteiger partial charge in [-0.3, -0.25) is 9.88 Å². The van der Waals surface area contributed by atoms with E-state index >= 15 is 0 Å². The van der Waals surface area contributed by atoms with Gasteiger partial charge in [0.15, 0.2) is 17.0 Å². The van der Waals surface area contributed by atoms with E-state index in [9.17, 15) is 0 Å². The molecule has 0 aliphatic rings. The van der Waals surface area contributed by atoms with Gasteiger partial charge in [0.2, 0.25) is 11.9 Å². The second kappa shape index (κ2) is 9.31. The van der Waals surface area contributed by atoms with E-state index in [0.717, 1.165) is 34.5 Å². The molecule has 0 spiro atoms. The highest BCUT2D eigenvalue weighted by molar-refractivity contribution is 7.08. The summed E-state index contributed by atoms with van der Waals surface area (Å²) in [6.45, 7) is 0.690. The second-order valence-electron chi connectivity index (χ2n) is 8.30. The number of rotatable bonds is 8. The van der Waals surface area contributed by atoms with E-state index in [2.05, 4.69) is 33.1 Å². The molecular weight excluding hydrogens is 472 g/mol. The zero-order valence-electron chi connectivity index (χ0n) is 19.8. The molecule has 0 amide bonds. The molecule has 180 valence electrons. The van der Waals surface area contributed by atoms with E-state index in [-0.39, 0.29) is 0 Å². The van der Waals surface area contributed by atoms with Crippen molar-refractivity contribution in [1.82, 2.24) is 29.1 Å². The van der Waals surface area contributed by atoms with Crippen LogP contribution in [0, 0.1) is 0 Å². The number of methoxy groups -OCH3 is 1. The number of ether oxygens (including phenoxy) is 1. The Morgan fingerprint density at radius 1 is 1.00 bits per heavy atom. The molecule has 0 aliphatic heterocycles. The lowest BCUT2D eigenvalue weighted by atomic mass is 10.1. The van der Waals surface area contributed by atoms with Crippen molar-refractivity contribution in [2.24, 2.45) is 7.05 Å². The van der Waals surface area contributed by atoms with Crippen LogP contribution < -0.4 is 15.4 Å². The monoisotopic (exact) mass is 496 g/mol. The van der Waals surface area contributed by atoms with Crippen LogP contribution in [0.5, 0.6) is 5.75 Å². The van der Waals surface area contributed by atoms with Crippen LogP contribution in [0.25, 0.3) is 27.9 Å². The van der Waals surface area contributed by atoms with E-state index in [0.29, 0.717) is 29.8 Å². The SMILES string of the molecule is COc1ccc(CCNc2nc(Nc3nc4ccccc4n3C)nc3c2ncn3-c2ccsc2)cc1. The van der Waals surface area contributed by atoms with E-state index < -0.39 is 0 Å². The predicted octanol–water partition coefficient (Wildman–Crippen LogP) is 5.17. The van der Waals surface area contributed by atoms with Crippen molar-refractivity contribution in [1.29, 1.82) is 0 Å². The summed E-state index contributed by atoms with van der Waals surface area (Å²) in [5, 5.41) is 10.9. The molecule has 9 nitrogen and oxygen atoms in total. The molecule has 6 aromatic rings. The Labute approximate surface area is 211 Å². The zero-order chi connectivity index (χ0) is 24.5. The maximum Gasteiger partial charge on any atom is 0.233 e. The van der Waals surface area contributed by atoms with Crippen LogP contribution in [-0.2, 0) is 13.5 Å². The number of fused-ring (bicyclic) bond motifs is 2. The van der Waals surface area contributed by atoms with Gasteiger partial charge in [-0.1, -0.05) is 24.3 Å². The van der Waals surface area contributed by atoms with Crippen LogP contribution >= 0.6 is 11.3 Å². The van der Waals surface area contributed by atoms with Crippen LogP contribution in [0.3, 0.4) is 0 Å². The lowest BCUT2D eigenvalue weighted by Crippen LogP contribution is -2.10. The molecule has 0 atom stereocenters. The number of thiophene rings is 1. The molecule has 0 saturated heterocycles. The summed E-state index contributed by atoms with van der Waals surface area (Å²) in [5.74, 6) is 2.63. The van der Waals surface area contributed by atoms with Gasteiger partial charge in [0.05, 0.1) is 23.8 Å². The number of nitrogens with zero attached hydrogens (tertiary/aromatic N) is 6. The molecule has 36 heavy (non-hydrogen) atoms. The number of hydrogen-bond acceptors (Lipinski definition) is 8. The van der Waals surface area contributed by atoms with Crippen LogP contribution in [0.2, 0.25) is 0 Å². The van der Waals surface area contributed by atoms with E-state index in [1.165, 1.54) is 5.56 Å². The molecule has 4 heterocycles. The van der Waals surface area contributed by atoms with Crippen molar-refractivity contribution in [2.45, 2.75) is 6.42 Å². The molecule has 0 fully saturated rings. The van der Waals surface area contributed by atoms with Gasteiger partial charge in [-0.25, -0.2) is 9.97 Å². The molecule has 0 radical (unpaired) electrons. The number of aromatic nitrogens is 6. The van der Waals surface area contributed by atoms with Gasteiger partial charge in [-0.2, -0.15) is 21.3 Å². The van der Waals surface area contributed by atoms with Crippen LogP contribution in [0.4, 0.5) is 17.7 Å². The van der Waals surface area contributed by atoms with Crippen molar-refractivity contribution in [3.63, 3.8) is 0 Å². The summed E-state index contributed by atoms with van der Waals surface area (Å²) < 4.78 is 9.23. The first-order valence-electron chi connectivity index (χ1n) is 11.5. The number of para-hydroxylation sites is 2. The van der Waals surface area contributed by atoms with E-state index in [1.807, 2.05) is 64.0 Å². The smallest absolute Gasteiger partial charge is 0.233 e. The molecule has 2 aromatic carbocycles. The van der Waals surface area contributed by atoms with Crippen LogP contribution in [0.15, 0.2) is 71.7 Å². The van der Waals surface area contributed by atoms with E-state index in [4.69, 9.17) is 19.7 Å². The quantitative estimate of drug-likeness (QED) is 0.300. The molecule has 0 bridgehead atoms. The first-order valence-corrected chi connectivity index (χ1v) is 12.5. The number of anilines is 3. The van der Waals surface area contributed by atoms with Gasteiger partial charge >= 0.3 is 0 Å². The van der Waals surface area contributed by atoms with Gasteiger partial charge in [-0.15, -0.1) is 0 Å². The lowest BCUT2D eigenvalue weighted by molar-refractivity contribution is 0.414. The third-order valence-electron chi connectivity index (χ3n) is 6.06. The number of aryl methyl sites for hydroxylation is 1. The Bertz CT molecular complexity index is 1640. The summed E-state index contributed by atoms with van der Waals surface area (Å²) in [5.41, 5.74) is 5.59. The van der Waals surface area contributed by atoms with Gasteiger partial charge in [-0.05, 0) is 47.7 Å². The highest BCUT2D eigenvalue weighted by atomic mass is 32.1. The van der Waals surface area contributed by atoms with E-state index in [1.54, 1.807) is 24.8 Å². The first-order chi connectivity index (χ1) is 17.7. The molecule has 0 saturated carbocycles. The molecule has 10 heteroatoms. The van der Waals surface area contributed by atoms with Crippen molar-refractivity contribution < 1.29 is 4.74 Å². The zero-order valence-corrected chi connectivity index (χ0v) is 20.7. The molecule has 6 rings (SSSR count). The molecule has 0 aliphatic carbocycles. The van der Waals surface area contributed by atoms with Crippen LogP contribution in [0.1, 0.15) is 5.56 Å². The number of imidazole rings is 2. The Hall–Kier alpha value is -4.44. The highest BCUT2D eigenvalue weighted by Crippen LogP contribution is 2.27. The maximum absolute atomic E-state index is 5.26. The molecule has 0 unspecified atom stereocenters. The minimum Gasteiger partial charge on any atom is -0.497 e. The maximum atomic E-state index is 5.26. The minimum atomic E-state index is 0.449. The molecule has 4 aromatic heterocycles. The Balaban J connectivity index is 1.34. The van der Waals surface area contributed by atoms with Gasteiger partial charge in [0, 0.05) is 19.0 Å². The Kier molecular flexibility index (Phi) is 5.70. The average molecular weight is 497 g/mol. The second-order valence-corrected chi connectivity index (χ2v) is 9.08. The predicted molar refractivity (Wildman–Crippen MR) is 144 cm³/mol. The molecule has 2 N–H and O–H groups in total. The summed E-state index contributed by atoms with van der Waals surface area (Å²) >= 11 is 1.63. The number of nitrogens with one attached hydrogen (secondary N) is 2. The summed E-state index contributed by atoms with van der Waals surface area (Å²) in [6, 6.07) is 18.1. The molecular formula is C26H24N8OS. The topological polar surface area (TPSA) is 94.7 Å². The summed E-state index contributed by atoms with van der Waals surface area (Å²) in [4.78, 5) is 19.0. The summed E-state index contributed by atoms with van der Waals surface area (Å²) in [7, 11) is 3.64. The van der Waals surface area contributed by atoms with Crippen molar-refractivity contribution in [2.75, 3.05) is 24.3 Å². The fourth-order valence-corrected chi connectivity index (χ4v) is 4.77. The minimum absolute atomic E-state index is 0.449. The first kappa shape index (κ1) is 22.1. The van der Waals surface area contributed by atoms with Gasteiger partial charge < -0.3 is 14.6 Å². The Morgan fingerprint density at radius 3 is 2.64 bits per heavy atom. The normalized spacial score (nSPS) is 11.3. The third-order valence-corrected chi connectivity index (χ3v) is 6.73. The third kappa shape index (κ3) is 4.11. The highest BCUT2D eigenvalue weighted by Gasteiger charge is 2.16. The van der Waals surface area contributed by atoms with Gasteiger partial charge in [0.1, 0.15) is 12.1 Å². The Morgan fingerprint density at radius 2 is 1.86 bits per heavy atom. The number of hydrogen-bond donors (Lipinski definition) is 2. The lowest BCUT2D eigenvalue weighted by Gasteiger charge is -2.11. The summed E-state index contributed by atoms with van der Waals surface area (Å²) in [6.07, 6.45) is 2.61. The van der Waals surface area contributed by atoms with Crippen molar-refractivity contribution in [3.8, 4) is 11.4 Å². The average Bonchev–Trinajstić information content (AvgIpc) is 3.64. The van der Waals surface area contributed by atoms with Crippen molar-refractivity contribution >= 4 is 51.2 Å². The largest absolute Gasteiger partial charge is 0.497 e. The standard InChI is InChI=1S/C26H24N8OS/c1-33-21-6-4-3-5-20(21)29-26(33)32-25-30-23(27-13-11-17-7-9-19(35-2)10-8-17)22-24(31-25)34(16-28-22)18-12-14-36-15-18/h3-10,12,14-16H,11,13H2,1-2H3,(H2,27,29,30,31,32). The van der Waals surface area contributed by atoms with Gasteiger partial charge in [0.25, 0.3) is 0 Å². The fraction of sp³-hybridized carbons (Fsp3) is 0.154. The van der Waals surface area contributed by atoms with Crippen LogP contribution in [-0.4, -0.2) is 42.7 Å². The fourth-order valence-electron chi connectivity index (χ4n) is 4.14.